The van der Waals surface area contributed by atoms with Crippen molar-refractivity contribution in [3.05, 3.63) is 39.9 Å². The lowest BCUT2D eigenvalue weighted by Crippen LogP contribution is -2.36. The minimum Gasteiger partial charge on any atom is -0.307 e. The molecule has 0 amide bonds. The maximum absolute atomic E-state index is 10.9. The van der Waals surface area contributed by atoms with Gasteiger partial charge in [0.25, 0.3) is 5.69 Å². The predicted octanol–water partition coefficient (Wildman–Crippen LogP) is 4.85. The van der Waals surface area contributed by atoms with E-state index in [0.29, 0.717) is 12.0 Å². The fourth-order valence-electron chi connectivity index (χ4n) is 2.94. The summed E-state index contributed by atoms with van der Waals surface area (Å²) in [4.78, 5) is 10.6. The molecule has 0 aliphatic heterocycles. The first-order valence-corrected chi connectivity index (χ1v) is 8.03. The van der Waals surface area contributed by atoms with Gasteiger partial charge in [-0.15, -0.1) is 0 Å². The molecular formula is C17H28N2O2. The number of benzene rings is 1. The van der Waals surface area contributed by atoms with Gasteiger partial charge in [-0.1, -0.05) is 52.2 Å². The molecule has 1 aromatic carbocycles. The highest BCUT2D eigenvalue weighted by Gasteiger charge is 2.20. The summed E-state index contributed by atoms with van der Waals surface area (Å²) < 4.78 is 0. The number of nitrogens with one attached hydrogen (secondary N) is 1. The van der Waals surface area contributed by atoms with Gasteiger partial charge in [-0.2, -0.15) is 0 Å². The van der Waals surface area contributed by atoms with Crippen molar-refractivity contribution in [2.45, 2.75) is 65.5 Å². The van der Waals surface area contributed by atoms with E-state index in [-0.39, 0.29) is 16.7 Å². The summed E-state index contributed by atoms with van der Waals surface area (Å²) in [7, 11) is 0. The summed E-state index contributed by atoms with van der Waals surface area (Å²) in [5, 5.41) is 14.6. The zero-order chi connectivity index (χ0) is 15.8. The van der Waals surface area contributed by atoms with Gasteiger partial charge in [-0.25, -0.2) is 0 Å². The van der Waals surface area contributed by atoms with Crippen LogP contribution in [0.4, 0.5) is 5.69 Å². The van der Waals surface area contributed by atoms with E-state index >= 15 is 0 Å². The second-order valence-corrected chi connectivity index (χ2v) is 5.73. The lowest BCUT2D eigenvalue weighted by Gasteiger charge is -2.28. The van der Waals surface area contributed by atoms with Crippen molar-refractivity contribution >= 4 is 5.69 Å². The molecule has 0 bridgehead atoms. The molecule has 0 aromatic heterocycles. The van der Waals surface area contributed by atoms with Gasteiger partial charge in [0.2, 0.25) is 0 Å². The monoisotopic (exact) mass is 292 g/mol. The fraction of sp³-hybridized carbons (Fsp3) is 0.647. The Morgan fingerprint density at radius 2 is 1.90 bits per heavy atom. The molecule has 0 fully saturated rings. The molecule has 0 aliphatic rings. The molecule has 0 saturated heterocycles. The quantitative estimate of drug-likeness (QED) is 0.523. The van der Waals surface area contributed by atoms with Gasteiger partial charge >= 0.3 is 0 Å². The Hall–Kier alpha value is -1.42. The Morgan fingerprint density at radius 1 is 1.24 bits per heavy atom. The average molecular weight is 292 g/mol. The number of nitrogens with zero attached hydrogens (tertiary/aromatic N) is 1. The van der Waals surface area contributed by atoms with Crippen LogP contribution in [0.25, 0.3) is 0 Å². The molecule has 0 saturated carbocycles. The van der Waals surface area contributed by atoms with Crippen molar-refractivity contribution in [3.8, 4) is 0 Å². The third-order valence-corrected chi connectivity index (χ3v) is 4.28. The highest BCUT2D eigenvalue weighted by atomic mass is 16.6. The van der Waals surface area contributed by atoms with E-state index in [0.717, 1.165) is 31.2 Å². The Balaban J connectivity index is 2.90. The van der Waals surface area contributed by atoms with Crippen LogP contribution >= 0.6 is 0 Å². The van der Waals surface area contributed by atoms with Crippen molar-refractivity contribution < 1.29 is 4.92 Å². The molecule has 2 unspecified atom stereocenters. The largest absolute Gasteiger partial charge is 0.307 e. The lowest BCUT2D eigenvalue weighted by atomic mass is 9.93. The van der Waals surface area contributed by atoms with Gasteiger partial charge in [0.05, 0.1) is 4.92 Å². The molecule has 2 atom stereocenters. The zero-order valence-corrected chi connectivity index (χ0v) is 13.6. The van der Waals surface area contributed by atoms with Gasteiger partial charge in [-0.3, -0.25) is 10.1 Å². The number of hydrogen-bond donors (Lipinski definition) is 1. The SMILES string of the molecule is CCCC(NC(C)C(CC)CC)c1cccc([N+](=O)[O-])c1. The van der Waals surface area contributed by atoms with Gasteiger partial charge in [-0.05, 0) is 24.8 Å². The topological polar surface area (TPSA) is 55.2 Å². The Morgan fingerprint density at radius 3 is 2.43 bits per heavy atom. The Labute approximate surface area is 128 Å². The maximum atomic E-state index is 10.9. The van der Waals surface area contributed by atoms with Crippen molar-refractivity contribution in [2.24, 2.45) is 5.92 Å². The molecule has 0 heterocycles. The van der Waals surface area contributed by atoms with E-state index in [2.05, 4.69) is 33.0 Å². The van der Waals surface area contributed by atoms with Gasteiger partial charge in [0.15, 0.2) is 0 Å². The van der Waals surface area contributed by atoms with E-state index < -0.39 is 0 Å². The van der Waals surface area contributed by atoms with Crippen LogP contribution in [0.5, 0.6) is 0 Å². The van der Waals surface area contributed by atoms with Crippen molar-refractivity contribution in [1.82, 2.24) is 5.32 Å². The molecule has 4 heteroatoms. The molecule has 1 rings (SSSR count). The van der Waals surface area contributed by atoms with Crippen LogP contribution in [-0.2, 0) is 0 Å². The highest BCUT2D eigenvalue weighted by molar-refractivity contribution is 5.35. The van der Waals surface area contributed by atoms with Crippen LogP contribution in [0.2, 0.25) is 0 Å². The first-order chi connectivity index (χ1) is 10.0. The highest BCUT2D eigenvalue weighted by Crippen LogP contribution is 2.25. The molecule has 4 nitrogen and oxygen atoms in total. The molecule has 1 aromatic rings. The minimum absolute atomic E-state index is 0.172. The van der Waals surface area contributed by atoms with Gasteiger partial charge in [0, 0.05) is 24.2 Å². The Kier molecular flexibility index (Phi) is 7.37. The minimum atomic E-state index is -0.323. The lowest BCUT2D eigenvalue weighted by molar-refractivity contribution is -0.384. The molecule has 0 aliphatic carbocycles. The van der Waals surface area contributed by atoms with E-state index in [4.69, 9.17) is 0 Å². The average Bonchev–Trinajstić information content (AvgIpc) is 2.48. The molecule has 0 spiro atoms. The first kappa shape index (κ1) is 17.6. The normalized spacial score (nSPS) is 14.1. The van der Waals surface area contributed by atoms with E-state index in [1.165, 1.54) is 0 Å². The van der Waals surface area contributed by atoms with E-state index in [1.54, 1.807) is 18.2 Å². The summed E-state index contributed by atoms with van der Waals surface area (Å²) in [6.07, 6.45) is 4.35. The molecular weight excluding hydrogens is 264 g/mol. The third kappa shape index (κ3) is 5.12. The zero-order valence-electron chi connectivity index (χ0n) is 13.6. The molecule has 0 radical (unpaired) electrons. The predicted molar refractivity (Wildman–Crippen MR) is 87.4 cm³/mol. The summed E-state index contributed by atoms with van der Waals surface area (Å²) >= 11 is 0. The van der Waals surface area contributed by atoms with Crippen LogP contribution in [0, 0.1) is 16.0 Å². The smallest absolute Gasteiger partial charge is 0.269 e. The van der Waals surface area contributed by atoms with Crippen LogP contribution in [-0.4, -0.2) is 11.0 Å². The molecule has 1 N–H and O–H groups in total. The number of nitro benzene ring substituents is 1. The fourth-order valence-corrected chi connectivity index (χ4v) is 2.94. The Bertz CT molecular complexity index is 444. The summed E-state index contributed by atoms with van der Waals surface area (Å²) in [5.74, 6) is 0.642. The number of rotatable bonds is 9. The van der Waals surface area contributed by atoms with Crippen LogP contribution < -0.4 is 5.32 Å². The third-order valence-electron chi connectivity index (χ3n) is 4.28. The summed E-state index contributed by atoms with van der Waals surface area (Å²) in [5.41, 5.74) is 1.19. The first-order valence-electron chi connectivity index (χ1n) is 8.03. The van der Waals surface area contributed by atoms with Crippen molar-refractivity contribution in [1.29, 1.82) is 0 Å². The van der Waals surface area contributed by atoms with Crippen molar-refractivity contribution in [2.75, 3.05) is 0 Å². The van der Waals surface area contributed by atoms with Gasteiger partial charge in [0.1, 0.15) is 0 Å². The number of non-ortho nitro benzene ring substituents is 1. The molecule has 21 heavy (non-hydrogen) atoms. The maximum Gasteiger partial charge on any atom is 0.269 e. The van der Waals surface area contributed by atoms with E-state index in [9.17, 15) is 10.1 Å². The second kappa shape index (κ2) is 8.78. The standard InChI is InChI=1S/C17H28N2O2/c1-5-9-17(18-13(4)14(6-2)7-3)15-10-8-11-16(12-15)19(20)21/h8,10-14,17-18H,5-7,9H2,1-4H3. The van der Waals surface area contributed by atoms with Crippen LogP contribution in [0.1, 0.15) is 65.0 Å². The molecule has 118 valence electrons. The summed E-state index contributed by atoms with van der Waals surface area (Å²) in [6.45, 7) is 8.80. The second-order valence-electron chi connectivity index (χ2n) is 5.73. The van der Waals surface area contributed by atoms with Crippen LogP contribution in [0.3, 0.4) is 0 Å². The van der Waals surface area contributed by atoms with Gasteiger partial charge < -0.3 is 5.32 Å². The van der Waals surface area contributed by atoms with Crippen LogP contribution in [0.15, 0.2) is 24.3 Å². The summed E-state index contributed by atoms with van der Waals surface area (Å²) in [6, 6.07) is 7.62. The number of hydrogen-bond acceptors (Lipinski definition) is 3. The van der Waals surface area contributed by atoms with Crippen molar-refractivity contribution in [3.63, 3.8) is 0 Å². The van der Waals surface area contributed by atoms with E-state index in [1.807, 2.05) is 6.07 Å². The number of nitro groups is 1.